The van der Waals surface area contributed by atoms with E-state index in [1.807, 2.05) is 34.6 Å². The Balaban J connectivity index is -0.000000123. The summed E-state index contributed by atoms with van der Waals surface area (Å²) in [5.74, 6) is -0.480. The summed E-state index contributed by atoms with van der Waals surface area (Å²) in [5, 5.41) is 0. The average molecular weight is 347 g/mol. The second kappa shape index (κ2) is 24.0. The van der Waals surface area contributed by atoms with Crippen LogP contribution in [0.15, 0.2) is 18.2 Å². The monoisotopic (exact) mass is 346 g/mol. The van der Waals surface area contributed by atoms with Crippen LogP contribution in [0, 0.1) is 17.6 Å². The second-order valence-electron chi connectivity index (χ2n) is 5.19. The number of rotatable bonds is 3. The number of Topliss-reactive ketones (excluding diaryl/α,β-unsaturated/α-hetero) is 1. The van der Waals surface area contributed by atoms with Gasteiger partial charge in [0, 0.05) is 0 Å². The van der Waals surface area contributed by atoms with Gasteiger partial charge in [-0.2, -0.15) is 0 Å². The molecule has 0 amide bonds. The molecule has 0 saturated carbocycles. The lowest BCUT2D eigenvalue weighted by atomic mass is 10.1. The minimum atomic E-state index is -0.780. The van der Waals surface area contributed by atoms with Crippen molar-refractivity contribution in [3.05, 3.63) is 35.4 Å². The Morgan fingerprint density at radius 1 is 0.958 bits per heavy atom. The first-order valence-electron chi connectivity index (χ1n) is 9.15. The van der Waals surface area contributed by atoms with E-state index in [0.29, 0.717) is 0 Å². The van der Waals surface area contributed by atoms with Gasteiger partial charge in [0.05, 0.1) is 0 Å². The molecule has 24 heavy (non-hydrogen) atoms. The van der Waals surface area contributed by atoms with Crippen LogP contribution in [0.25, 0.3) is 0 Å². The molecule has 0 atom stereocenters. The number of halogens is 2. The van der Waals surface area contributed by atoms with Crippen molar-refractivity contribution in [2.45, 2.75) is 88.5 Å². The van der Waals surface area contributed by atoms with Crippen LogP contribution < -0.4 is 0 Å². The molecule has 1 aromatic carbocycles. The number of benzene rings is 1. The van der Waals surface area contributed by atoms with Gasteiger partial charge in [0.2, 0.25) is 0 Å². The largest absolute Gasteiger partial charge is 0.300 e. The lowest BCUT2D eigenvalue weighted by molar-refractivity contribution is -0.114. The highest BCUT2D eigenvalue weighted by molar-refractivity contribution is 5.72. The molecular weight excluding hydrogens is 306 g/mol. The number of hydrogen-bond acceptors (Lipinski definition) is 1. The van der Waals surface area contributed by atoms with Crippen molar-refractivity contribution in [2.75, 3.05) is 0 Å². The van der Waals surface area contributed by atoms with E-state index < -0.39 is 11.6 Å². The van der Waals surface area contributed by atoms with Crippen LogP contribution in [0.5, 0.6) is 0 Å². The third-order valence-corrected chi connectivity index (χ3v) is 2.26. The molecule has 0 heterocycles. The first kappa shape index (κ1) is 30.6. The summed E-state index contributed by atoms with van der Waals surface area (Å²) in [6.45, 7) is 19.7. The Labute approximate surface area is 149 Å². The zero-order valence-electron chi connectivity index (χ0n) is 17.6. The molecule has 0 bridgehead atoms. The van der Waals surface area contributed by atoms with Crippen molar-refractivity contribution in [1.82, 2.24) is 0 Å². The minimum absolute atomic E-state index is 0.167. The molecule has 0 aromatic heterocycles. The van der Waals surface area contributed by atoms with Crippen LogP contribution in [-0.2, 0) is 11.2 Å². The van der Waals surface area contributed by atoms with E-state index >= 15 is 0 Å². The van der Waals surface area contributed by atoms with Crippen LogP contribution in [0.4, 0.5) is 8.78 Å². The smallest absolute Gasteiger partial charge is 0.159 e. The molecule has 3 heteroatoms. The van der Waals surface area contributed by atoms with Crippen LogP contribution >= 0.6 is 0 Å². The summed E-state index contributed by atoms with van der Waals surface area (Å²) in [5.41, 5.74) is 0.818. The Bertz CT molecular complexity index is 370. The van der Waals surface area contributed by atoms with Crippen LogP contribution in [0.2, 0.25) is 0 Å². The number of ketones is 1. The lowest BCUT2D eigenvalue weighted by Gasteiger charge is -1.95. The van der Waals surface area contributed by atoms with Gasteiger partial charge in [0.25, 0.3) is 0 Å². The Kier molecular flexibility index (Phi) is 30.6. The van der Waals surface area contributed by atoms with Gasteiger partial charge in [0.15, 0.2) is 11.6 Å². The van der Waals surface area contributed by atoms with Gasteiger partial charge in [-0.25, -0.2) is 8.78 Å². The highest BCUT2D eigenvalue weighted by Crippen LogP contribution is 2.08. The molecule has 0 saturated heterocycles. The van der Waals surface area contributed by atoms with Crippen molar-refractivity contribution in [3.63, 3.8) is 0 Å². The summed E-state index contributed by atoms with van der Waals surface area (Å²) < 4.78 is 24.7. The van der Waals surface area contributed by atoms with Crippen LogP contribution in [0.3, 0.4) is 0 Å². The predicted molar refractivity (Wildman–Crippen MR) is 105 cm³/mol. The van der Waals surface area contributed by atoms with Crippen LogP contribution in [0.1, 0.15) is 87.6 Å². The quantitative estimate of drug-likeness (QED) is 0.550. The van der Waals surface area contributed by atoms with Crippen molar-refractivity contribution < 1.29 is 13.6 Å². The van der Waals surface area contributed by atoms with Crippen LogP contribution in [-0.4, -0.2) is 5.78 Å². The SMILES string of the molecule is CC.CC.CC(C)=O.CCCC(C)C.CCc1ccc(F)c(F)c1. The normalized spacial score (nSPS) is 8.21. The van der Waals surface area contributed by atoms with E-state index in [4.69, 9.17) is 0 Å². The van der Waals surface area contributed by atoms with Gasteiger partial charge in [-0.05, 0) is 43.9 Å². The molecule has 1 rings (SSSR count). The molecule has 0 spiro atoms. The number of hydrogen-bond donors (Lipinski definition) is 0. The van der Waals surface area contributed by atoms with Gasteiger partial charge in [-0.3, -0.25) is 0 Å². The second-order valence-corrected chi connectivity index (χ2v) is 5.19. The fraction of sp³-hybridized carbons (Fsp3) is 0.667. The molecule has 0 N–H and O–H groups in total. The molecule has 0 fully saturated rings. The summed E-state index contributed by atoms with van der Waals surface area (Å²) in [6, 6.07) is 3.95. The Morgan fingerprint density at radius 3 is 1.58 bits per heavy atom. The third-order valence-electron chi connectivity index (χ3n) is 2.26. The molecule has 0 aliphatic carbocycles. The highest BCUT2D eigenvalue weighted by Gasteiger charge is 1.99. The van der Waals surface area contributed by atoms with Gasteiger partial charge >= 0.3 is 0 Å². The minimum Gasteiger partial charge on any atom is -0.300 e. The van der Waals surface area contributed by atoms with Gasteiger partial charge in [-0.15, -0.1) is 0 Å². The summed E-state index contributed by atoms with van der Waals surface area (Å²) in [4.78, 5) is 9.44. The number of carbonyl (C=O) groups excluding carboxylic acids is 1. The molecular formula is C21H40F2O. The lowest BCUT2D eigenvalue weighted by Crippen LogP contribution is -1.86. The maximum Gasteiger partial charge on any atom is 0.159 e. The molecule has 0 aliphatic rings. The van der Waals surface area contributed by atoms with E-state index in [0.717, 1.165) is 24.0 Å². The molecule has 0 unspecified atom stereocenters. The predicted octanol–water partition coefficient (Wildman–Crippen LogP) is 7.62. The molecule has 144 valence electrons. The molecule has 0 aliphatic heterocycles. The maximum atomic E-state index is 12.4. The van der Waals surface area contributed by atoms with E-state index in [-0.39, 0.29) is 5.78 Å². The fourth-order valence-corrected chi connectivity index (χ4v) is 1.34. The van der Waals surface area contributed by atoms with E-state index in [1.54, 1.807) is 6.07 Å². The first-order chi connectivity index (χ1) is 11.2. The Hall–Kier alpha value is -1.25. The zero-order valence-corrected chi connectivity index (χ0v) is 17.6. The standard InChI is InChI=1S/C8H8F2.C6H14.C3H6O.2C2H6/c1-2-6-3-4-7(9)8(10)5-6;1-4-5-6(2)3;1-3(2)4;2*1-2/h3-5H,2H2,1H3;6H,4-5H2,1-3H3;1-2H3;2*1-2H3. The zero-order chi connectivity index (χ0) is 20.1. The fourth-order valence-electron chi connectivity index (χ4n) is 1.34. The van der Waals surface area contributed by atoms with Crippen molar-refractivity contribution in [1.29, 1.82) is 0 Å². The van der Waals surface area contributed by atoms with E-state index in [1.165, 1.54) is 32.8 Å². The van der Waals surface area contributed by atoms with Crippen molar-refractivity contribution >= 4 is 5.78 Å². The topological polar surface area (TPSA) is 17.1 Å². The van der Waals surface area contributed by atoms with Gasteiger partial charge in [0.1, 0.15) is 5.78 Å². The first-order valence-corrected chi connectivity index (χ1v) is 9.15. The molecule has 1 aromatic rings. The summed E-state index contributed by atoms with van der Waals surface area (Å²) >= 11 is 0. The molecule has 1 nitrogen and oxygen atoms in total. The van der Waals surface area contributed by atoms with Gasteiger partial charge < -0.3 is 4.79 Å². The van der Waals surface area contributed by atoms with Gasteiger partial charge in [-0.1, -0.05) is 74.3 Å². The van der Waals surface area contributed by atoms with Crippen molar-refractivity contribution in [2.24, 2.45) is 5.92 Å². The Morgan fingerprint density at radius 2 is 1.38 bits per heavy atom. The average Bonchev–Trinajstić information content (AvgIpc) is 2.54. The highest BCUT2D eigenvalue weighted by atomic mass is 19.2. The maximum absolute atomic E-state index is 12.4. The summed E-state index contributed by atoms with van der Waals surface area (Å²) in [7, 11) is 0. The third kappa shape index (κ3) is 28.8. The number of aryl methyl sites for hydroxylation is 1. The van der Waals surface area contributed by atoms with E-state index in [2.05, 4.69) is 20.8 Å². The van der Waals surface area contributed by atoms with E-state index in [9.17, 15) is 13.6 Å². The van der Waals surface area contributed by atoms with Crippen molar-refractivity contribution in [3.8, 4) is 0 Å². The molecule has 0 radical (unpaired) electrons. The summed E-state index contributed by atoms with van der Waals surface area (Å²) in [6.07, 6.45) is 3.44. The number of carbonyl (C=O) groups is 1.